The minimum absolute atomic E-state index is 0.100. The van der Waals surface area contributed by atoms with Crippen LogP contribution in [0.3, 0.4) is 0 Å². The van der Waals surface area contributed by atoms with Crippen LogP contribution in [0.2, 0.25) is 0 Å². The predicted octanol–water partition coefficient (Wildman–Crippen LogP) is 4.24. The van der Waals surface area contributed by atoms with E-state index in [1.807, 2.05) is 13.0 Å². The molecule has 1 amide bonds. The Hall–Kier alpha value is -1.33. The summed E-state index contributed by atoms with van der Waals surface area (Å²) in [6, 6.07) is 10.4. The third kappa shape index (κ3) is 5.99. The van der Waals surface area contributed by atoms with E-state index >= 15 is 0 Å². The molecule has 1 N–H and O–H groups in total. The number of rotatable bonds is 8. The molecule has 1 heterocycles. The van der Waals surface area contributed by atoms with Crippen molar-refractivity contribution in [3.05, 3.63) is 52.0 Å². The average Bonchev–Trinajstić information content (AvgIpc) is 2.94. The summed E-state index contributed by atoms with van der Waals surface area (Å²) in [7, 11) is 0. The maximum atomic E-state index is 12.0. The molecule has 2 aromatic rings. The summed E-state index contributed by atoms with van der Waals surface area (Å²) in [6.45, 7) is 7.09. The highest BCUT2D eigenvalue weighted by Crippen LogP contribution is 2.23. The van der Waals surface area contributed by atoms with Crippen molar-refractivity contribution in [2.24, 2.45) is 5.92 Å². The fraction of sp³-hybridized carbons (Fsp3) is 0.444. The molecule has 0 saturated heterocycles. The molecule has 0 fully saturated rings. The van der Waals surface area contributed by atoms with E-state index in [1.54, 1.807) is 23.1 Å². The van der Waals surface area contributed by atoms with Crippen molar-refractivity contribution < 1.29 is 4.79 Å². The molecule has 3 nitrogen and oxygen atoms in total. The monoisotopic (exact) mass is 348 g/mol. The first-order chi connectivity index (χ1) is 11.1. The van der Waals surface area contributed by atoms with Crippen LogP contribution in [0.15, 0.2) is 35.7 Å². The lowest BCUT2D eigenvalue weighted by atomic mass is 9.88. The van der Waals surface area contributed by atoms with Gasteiger partial charge < -0.3 is 5.32 Å². The lowest BCUT2D eigenvalue weighted by molar-refractivity contribution is -0.118. The van der Waals surface area contributed by atoms with Crippen LogP contribution in [-0.4, -0.2) is 23.2 Å². The standard InChI is InChI=1S/C18H24N2OS2/c1-13(2)17(15-7-5-4-6-8-15)9-19-18(21)12-22-10-16-11-23-14(3)20-16/h4-8,11,13,17H,9-10,12H2,1-3H3,(H,19,21)/t17-/m1/s1. The van der Waals surface area contributed by atoms with Gasteiger partial charge >= 0.3 is 0 Å². The highest BCUT2D eigenvalue weighted by molar-refractivity contribution is 7.99. The van der Waals surface area contributed by atoms with Gasteiger partial charge in [0.1, 0.15) is 0 Å². The summed E-state index contributed by atoms with van der Waals surface area (Å²) in [6.07, 6.45) is 0. The predicted molar refractivity (Wildman–Crippen MR) is 100 cm³/mol. The Balaban J connectivity index is 1.76. The number of aryl methyl sites for hydroxylation is 1. The number of hydrogen-bond donors (Lipinski definition) is 1. The molecule has 0 unspecified atom stereocenters. The van der Waals surface area contributed by atoms with Gasteiger partial charge in [-0.15, -0.1) is 23.1 Å². The Morgan fingerprint density at radius 3 is 2.65 bits per heavy atom. The molecule has 23 heavy (non-hydrogen) atoms. The maximum Gasteiger partial charge on any atom is 0.230 e. The fourth-order valence-electron chi connectivity index (χ4n) is 2.44. The van der Waals surface area contributed by atoms with E-state index in [0.29, 0.717) is 24.1 Å². The molecule has 0 spiro atoms. The molecule has 0 aliphatic rings. The largest absolute Gasteiger partial charge is 0.355 e. The van der Waals surface area contributed by atoms with Crippen molar-refractivity contribution in [2.45, 2.75) is 32.4 Å². The van der Waals surface area contributed by atoms with Crippen molar-refractivity contribution in [3.8, 4) is 0 Å². The van der Waals surface area contributed by atoms with Gasteiger partial charge in [-0.05, 0) is 18.4 Å². The van der Waals surface area contributed by atoms with E-state index < -0.39 is 0 Å². The van der Waals surface area contributed by atoms with E-state index in [-0.39, 0.29) is 5.91 Å². The molecule has 2 rings (SSSR count). The molecular weight excluding hydrogens is 324 g/mol. The van der Waals surface area contributed by atoms with Gasteiger partial charge in [0.25, 0.3) is 0 Å². The average molecular weight is 349 g/mol. The number of thiazole rings is 1. The zero-order valence-corrected chi connectivity index (χ0v) is 15.5. The Morgan fingerprint density at radius 2 is 2.04 bits per heavy atom. The molecule has 0 aliphatic carbocycles. The lowest BCUT2D eigenvalue weighted by Gasteiger charge is -2.21. The molecule has 1 aromatic heterocycles. The van der Waals surface area contributed by atoms with E-state index in [4.69, 9.17) is 0 Å². The van der Waals surface area contributed by atoms with Crippen molar-refractivity contribution in [1.29, 1.82) is 0 Å². The van der Waals surface area contributed by atoms with Crippen LogP contribution in [0, 0.1) is 12.8 Å². The van der Waals surface area contributed by atoms with Crippen molar-refractivity contribution in [3.63, 3.8) is 0 Å². The van der Waals surface area contributed by atoms with Crippen molar-refractivity contribution in [1.82, 2.24) is 10.3 Å². The summed E-state index contributed by atoms with van der Waals surface area (Å²) in [4.78, 5) is 16.5. The van der Waals surface area contributed by atoms with Gasteiger partial charge in [-0.25, -0.2) is 4.98 Å². The molecule has 1 atom stereocenters. The molecular formula is C18H24N2OS2. The fourth-order valence-corrected chi connectivity index (χ4v) is 3.90. The topological polar surface area (TPSA) is 42.0 Å². The maximum absolute atomic E-state index is 12.0. The number of aromatic nitrogens is 1. The number of nitrogens with zero attached hydrogens (tertiary/aromatic N) is 1. The minimum Gasteiger partial charge on any atom is -0.355 e. The normalized spacial score (nSPS) is 12.3. The number of benzene rings is 1. The number of amides is 1. The summed E-state index contributed by atoms with van der Waals surface area (Å²) >= 11 is 3.27. The van der Waals surface area contributed by atoms with Crippen LogP contribution < -0.4 is 5.32 Å². The van der Waals surface area contributed by atoms with E-state index in [9.17, 15) is 4.79 Å². The summed E-state index contributed by atoms with van der Waals surface area (Å²) in [5.41, 5.74) is 2.35. The van der Waals surface area contributed by atoms with Gasteiger partial charge in [-0.3, -0.25) is 4.79 Å². The van der Waals surface area contributed by atoms with Gasteiger partial charge in [0.05, 0.1) is 16.5 Å². The first-order valence-corrected chi connectivity index (χ1v) is 9.90. The molecule has 0 saturated carbocycles. The molecule has 1 aromatic carbocycles. The number of thioether (sulfide) groups is 1. The third-order valence-electron chi connectivity index (χ3n) is 3.70. The first-order valence-electron chi connectivity index (χ1n) is 7.86. The lowest BCUT2D eigenvalue weighted by Crippen LogP contribution is -2.31. The third-order valence-corrected chi connectivity index (χ3v) is 5.49. The highest BCUT2D eigenvalue weighted by Gasteiger charge is 2.16. The second kappa shape index (κ2) is 9.08. The van der Waals surface area contributed by atoms with Gasteiger partial charge in [0.2, 0.25) is 5.91 Å². The zero-order valence-electron chi connectivity index (χ0n) is 13.9. The summed E-state index contributed by atoms with van der Waals surface area (Å²) < 4.78 is 0. The van der Waals surface area contributed by atoms with Gasteiger partial charge in [0.15, 0.2) is 0 Å². The Kier molecular flexibility index (Phi) is 7.12. The Bertz CT molecular complexity index is 610. The van der Waals surface area contributed by atoms with Crippen LogP contribution in [0.4, 0.5) is 0 Å². The second-order valence-corrected chi connectivity index (χ2v) is 7.96. The van der Waals surface area contributed by atoms with Crippen molar-refractivity contribution in [2.75, 3.05) is 12.3 Å². The molecule has 124 valence electrons. The van der Waals surface area contributed by atoms with Gasteiger partial charge in [-0.2, -0.15) is 0 Å². The van der Waals surface area contributed by atoms with Crippen LogP contribution in [0.5, 0.6) is 0 Å². The number of carbonyl (C=O) groups excluding carboxylic acids is 1. The van der Waals surface area contributed by atoms with Crippen LogP contribution in [-0.2, 0) is 10.5 Å². The van der Waals surface area contributed by atoms with Crippen LogP contribution in [0.1, 0.15) is 36.0 Å². The van der Waals surface area contributed by atoms with Gasteiger partial charge in [0, 0.05) is 23.6 Å². The molecule has 0 aliphatic heterocycles. The van der Waals surface area contributed by atoms with E-state index in [0.717, 1.165) is 16.5 Å². The molecule has 5 heteroatoms. The minimum atomic E-state index is 0.100. The van der Waals surface area contributed by atoms with Crippen LogP contribution >= 0.6 is 23.1 Å². The van der Waals surface area contributed by atoms with Gasteiger partial charge in [-0.1, -0.05) is 44.2 Å². The first kappa shape index (κ1) is 18.0. The number of carbonyl (C=O) groups is 1. The Morgan fingerprint density at radius 1 is 1.30 bits per heavy atom. The zero-order chi connectivity index (χ0) is 16.7. The number of hydrogen-bond acceptors (Lipinski definition) is 4. The molecule has 0 radical (unpaired) electrons. The van der Waals surface area contributed by atoms with E-state index in [1.165, 1.54) is 5.56 Å². The SMILES string of the molecule is Cc1nc(CSCC(=O)NC[C@@H](c2ccccc2)C(C)C)cs1. The van der Waals surface area contributed by atoms with E-state index in [2.05, 4.69) is 53.8 Å². The summed E-state index contributed by atoms with van der Waals surface area (Å²) in [5, 5.41) is 6.21. The quantitative estimate of drug-likeness (QED) is 0.776. The smallest absolute Gasteiger partial charge is 0.230 e. The second-order valence-electron chi connectivity index (χ2n) is 5.92. The Labute approximate surface area is 146 Å². The van der Waals surface area contributed by atoms with Crippen LogP contribution in [0.25, 0.3) is 0 Å². The summed E-state index contributed by atoms with van der Waals surface area (Å²) in [5.74, 6) is 2.22. The molecule has 0 bridgehead atoms. The van der Waals surface area contributed by atoms with Crippen molar-refractivity contribution >= 4 is 29.0 Å². The highest BCUT2D eigenvalue weighted by atomic mass is 32.2. The number of nitrogens with one attached hydrogen (secondary N) is 1.